The molecular formula is C24H17FN2O6S. The molecule has 2 aromatic heterocycles. The molecule has 0 N–H and O–H groups in total. The number of benzene rings is 2. The zero-order chi connectivity index (χ0) is 24.1. The molecule has 0 aliphatic carbocycles. The molecule has 34 heavy (non-hydrogen) atoms. The Hall–Kier alpha value is -4.05. The van der Waals surface area contributed by atoms with E-state index in [0.29, 0.717) is 17.0 Å². The van der Waals surface area contributed by atoms with Gasteiger partial charge in [-0.2, -0.15) is 0 Å². The lowest BCUT2D eigenvalue weighted by Gasteiger charge is -2.22. The summed E-state index contributed by atoms with van der Waals surface area (Å²) in [6, 6.07) is 9.48. The van der Waals surface area contributed by atoms with Crippen molar-refractivity contribution in [2.45, 2.75) is 13.0 Å². The van der Waals surface area contributed by atoms with Gasteiger partial charge in [0, 0.05) is 0 Å². The molecule has 0 fully saturated rings. The summed E-state index contributed by atoms with van der Waals surface area (Å²) < 4.78 is 29.8. The van der Waals surface area contributed by atoms with Crippen molar-refractivity contribution < 1.29 is 27.9 Å². The molecule has 3 heterocycles. The van der Waals surface area contributed by atoms with Crippen LogP contribution in [0.15, 0.2) is 51.7 Å². The number of aromatic nitrogens is 1. The second kappa shape index (κ2) is 8.07. The highest BCUT2D eigenvalue weighted by Gasteiger charge is 2.45. The first-order chi connectivity index (χ1) is 16.3. The van der Waals surface area contributed by atoms with E-state index >= 15 is 0 Å². The maximum atomic E-state index is 13.9. The van der Waals surface area contributed by atoms with Crippen molar-refractivity contribution in [3.8, 4) is 5.75 Å². The number of methoxy groups -OCH3 is 2. The Morgan fingerprint density at radius 1 is 1.15 bits per heavy atom. The molecule has 0 saturated carbocycles. The van der Waals surface area contributed by atoms with Gasteiger partial charge < -0.3 is 13.9 Å². The minimum Gasteiger partial charge on any atom is -0.497 e. The molecule has 0 bridgehead atoms. The van der Waals surface area contributed by atoms with E-state index in [0.717, 1.165) is 23.5 Å². The standard InChI is InChI=1S/C24H17FN2O6S/c1-11-21(23(30)32-3)34-24(26-11)27-18(12-4-7-14(31-2)8-5-12)17-19(28)15-10-13(25)6-9-16(15)33-20(17)22(27)29/h4-10,18H,1-3H3/t18-/m0/s1. The van der Waals surface area contributed by atoms with Crippen molar-refractivity contribution >= 4 is 39.3 Å². The molecule has 0 unspecified atom stereocenters. The van der Waals surface area contributed by atoms with Gasteiger partial charge in [0.2, 0.25) is 5.76 Å². The van der Waals surface area contributed by atoms with Gasteiger partial charge in [0.1, 0.15) is 22.0 Å². The number of thiazole rings is 1. The van der Waals surface area contributed by atoms with Crippen LogP contribution in [0.3, 0.4) is 0 Å². The molecule has 1 amide bonds. The molecule has 4 aromatic rings. The molecule has 10 heteroatoms. The fourth-order valence-corrected chi connectivity index (χ4v) is 5.02. The van der Waals surface area contributed by atoms with Gasteiger partial charge in [0.15, 0.2) is 10.6 Å². The Labute approximate surface area is 196 Å². The first kappa shape index (κ1) is 21.8. The first-order valence-corrected chi connectivity index (χ1v) is 10.9. The van der Waals surface area contributed by atoms with Crippen LogP contribution in [-0.2, 0) is 4.74 Å². The van der Waals surface area contributed by atoms with Gasteiger partial charge in [-0.15, -0.1) is 0 Å². The van der Waals surface area contributed by atoms with Crippen LogP contribution in [0, 0.1) is 12.7 Å². The zero-order valence-electron chi connectivity index (χ0n) is 18.2. The summed E-state index contributed by atoms with van der Waals surface area (Å²) in [5.74, 6) is -1.34. The average molecular weight is 480 g/mol. The van der Waals surface area contributed by atoms with Crippen LogP contribution in [-0.4, -0.2) is 31.1 Å². The average Bonchev–Trinajstić information content (AvgIpc) is 3.36. The van der Waals surface area contributed by atoms with E-state index in [2.05, 4.69) is 4.98 Å². The molecule has 1 aliphatic heterocycles. The minimum atomic E-state index is -0.909. The Morgan fingerprint density at radius 2 is 1.88 bits per heavy atom. The van der Waals surface area contributed by atoms with Crippen LogP contribution >= 0.6 is 11.3 Å². The number of rotatable bonds is 4. The quantitative estimate of drug-likeness (QED) is 0.403. The van der Waals surface area contributed by atoms with Crippen molar-refractivity contribution in [2.24, 2.45) is 0 Å². The largest absolute Gasteiger partial charge is 0.497 e. The van der Waals surface area contributed by atoms with Gasteiger partial charge in [0.05, 0.1) is 36.9 Å². The number of nitrogens with zero attached hydrogens (tertiary/aromatic N) is 2. The molecule has 1 aliphatic rings. The Morgan fingerprint density at radius 3 is 2.56 bits per heavy atom. The Kier molecular flexibility index (Phi) is 5.17. The van der Waals surface area contributed by atoms with Crippen LogP contribution < -0.4 is 15.1 Å². The first-order valence-electron chi connectivity index (χ1n) is 10.1. The van der Waals surface area contributed by atoms with E-state index in [1.54, 1.807) is 31.2 Å². The van der Waals surface area contributed by atoms with Gasteiger partial charge in [-0.1, -0.05) is 23.5 Å². The normalized spacial score (nSPS) is 15.0. The number of anilines is 1. The van der Waals surface area contributed by atoms with Gasteiger partial charge in [0.25, 0.3) is 5.91 Å². The van der Waals surface area contributed by atoms with Crippen LogP contribution in [0.25, 0.3) is 11.0 Å². The highest BCUT2D eigenvalue weighted by molar-refractivity contribution is 7.17. The number of fused-ring (bicyclic) bond motifs is 2. The lowest BCUT2D eigenvalue weighted by atomic mass is 9.98. The van der Waals surface area contributed by atoms with E-state index in [9.17, 15) is 18.8 Å². The van der Waals surface area contributed by atoms with Crippen molar-refractivity contribution in [1.82, 2.24) is 4.98 Å². The maximum Gasteiger partial charge on any atom is 0.350 e. The summed E-state index contributed by atoms with van der Waals surface area (Å²) in [6.07, 6.45) is 0. The number of hydrogen-bond acceptors (Lipinski definition) is 8. The summed E-state index contributed by atoms with van der Waals surface area (Å²) in [5.41, 5.74) is 0.619. The molecule has 8 nitrogen and oxygen atoms in total. The van der Waals surface area contributed by atoms with Crippen LogP contribution in [0.5, 0.6) is 5.75 Å². The third-order valence-electron chi connectivity index (χ3n) is 5.63. The van der Waals surface area contributed by atoms with Gasteiger partial charge >= 0.3 is 5.97 Å². The molecular weight excluding hydrogens is 463 g/mol. The predicted octanol–water partition coefficient (Wildman–Crippen LogP) is 4.24. The van der Waals surface area contributed by atoms with Crippen molar-refractivity contribution in [1.29, 1.82) is 0 Å². The van der Waals surface area contributed by atoms with E-state index in [-0.39, 0.29) is 32.3 Å². The summed E-state index contributed by atoms with van der Waals surface area (Å²) in [5, 5.41) is 0.224. The zero-order valence-corrected chi connectivity index (χ0v) is 19.1. The third kappa shape index (κ3) is 3.26. The monoisotopic (exact) mass is 480 g/mol. The van der Waals surface area contributed by atoms with Crippen molar-refractivity contribution in [3.05, 3.63) is 86.0 Å². The number of halogens is 1. The van der Waals surface area contributed by atoms with E-state index in [4.69, 9.17) is 13.9 Å². The van der Waals surface area contributed by atoms with Crippen LogP contribution in [0.1, 0.15) is 43.1 Å². The molecule has 172 valence electrons. The number of aryl methyl sites for hydroxylation is 1. The van der Waals surface area contributed by atoms with Gasteiger partial charge in [-0.05, 0) is 42.8 Å². The number of carbonyl (C=O) groups is 2. The predicted molar refractivity (Wildman–Crippen MR) is 122 cm³/mol. The lowest BCUT2D eigenvalue weighted by molar-refractivity contribution is 0.0605. The molecule has 2 aromatic carbocycles. The Balaban J connectivity index is 1.77. The van der Waals surface area contributed by atoms with E-state index in [1.165, 1.54) is 25.2 Å². The highest BCUT2D eigenvalue weighted by Crippen LogP contribution is 2.43. The number of ether oxygens (including phenoxy) is 2. The second-order valence-corrected chi connectivity index (χ2v) is 8.55. The third-order valence-corrected chi connectivity index (χ3v) is 6.76. The minimum absolute atomic E-state index is 0.0254. The number of esters is 1. The van der Waals surface area contributed by atoms with Crippen molar-refractivity contribution in [3.63, 3.8) is 0 Å². The smallest absolute Gasteiger partial charge is 0.350 e. The van der Waals surface area contributed by atoms with Gasteiger partial charge in [-0.3, -0.25) is 14.5 Å². The van der Waals surface area contributed by atoms with Crippen molar-refractivity contribution in [2.75, 3.05) is 19.1 Å². The second-order valence-electron chi connectivity index (χ2n) is 7.57. The molecule has 0 saturated heterocycles. The number of amides is 1. The van der Waals surface area contributed by atoms with Crippen LogP contribution in [0.4, 0.5) is 9.52 Å². The van der Waals surface area contributed by atoms with E-state index in [1.807, 2.05) is 0 Å². The topological polar surface area (TPSA) is 98.9 Å². The summed E-state index contributed by atoms with van der Waals surface area (Å²) in [7, 11) is 2.78. The summed E-state index contributed by atoms with van der Waals surface area (Å²) in [6.45, 7) is 1.63. The van der Waals surface area contributed by atoms with E-state index < -0.39 is 29.2 Å². The SMILES string of the molecule is COC(=O)c1sc(N2C(=O)c3oc4ccc(F)cc4c(=O)c3[C@@H]2c2ccc(OC)cc2)nc1C. The fourth-order valence-electron chi connectivity index (χ4n) is 4.01. The van der Waals surface area contributed by atoms with Gasteiger partial charge in [-0.25, -0.2) is 14.2 Å². The number of carbonyl (C=O) groups excluding carboxylic acids is 2. The molecule has 5 rings (SSSR count). The highest BCUT2D eigenvalue weighted by atomic mass is 32.1. The lowest BCUT2D eigenvalue weighted by Crippen LogP contribution is -2.29. The molecule has 0 spiro atoms. The molecule has 0 radical (unpaired) electrons. The maximum absolute atomic E-state index is 13.9. The number of hydrogen-bond donors (Lipinski definition) is 0. The summed E-state index contributed by atoms with van der Waals surface area (Å²) in [4.78, 5) is 45.2. The summed E-state index contributed by atoms with van der Waals surface area (Å²) >= 11 is 0.974. The molecule has 1 atom stereocenters. The van der Waals surface area contributed by atoms with Crippen LogP contribution in [0.2, 0.25) is 0 Å². The Bertz CT molecular complexity index is 1530. The fraction of sp³-hybridized carbons (Fsp3) is 0.167.